The predicted octanol–water partition coefficient (Wildman–Crippen LogP) is 4.17. The standard InChI is InChI=1S/C16H15FO2/c1-18-15-9-8-12(11-16(15)19-2)10-14(17)13-6-4-3-5-7-13/h3-11H,1-2H3/b14-10+. The summed E-state index contributed by atoms with van der Waals surface area (Å²) in [4.78, 5) is 0. The van der Waals surface area contributed by atoms with E-state index >= 15 is 0 Å². The lowest BCUT2D eigenvalue weighted by Crippen LogP contribution is -1.90. The number of halogens is 1. The Morgan fingerprint density at radius 3 is 2.26 bits per heavy atom. The third kappa shape index (κ3) is 3.13. The van der Waals surface area contributed by atoms with Gasteiger partial charge in [-0.25, -0.2) is 4.39 Å². The van der Waals surface area contributed by atoms with Gasteiger partial charge in [0.25, 0.3) is 0 Å². The van der Waals surface area contributed by atoms with Crippen LogP contribution in [0.5, 0.6) is 11.5 Å². The Bertz CT molecular complexity index is 577. The molecule has 0 bridgehead atoms. The van der Waals surface area contributed by atoms with Crippen molar-refractivity contribution in [3.8, 4) is 11.5 Å². The van der Waals surface area contributed by atoms with Crippen LogP contribution in [-0.4, -0.2) is 14.2 Å². The lowest BCUT2D eigenvalue weighted by atomic mass is 10.1. The molecule has 2 aromatic carbocycles. The zero-order chi connectivity index (χ0) is 13.7. The molecule has 0 fully saturated rings. The third-order valence-corrected chi connectivity index (χ3v) is 2.75. The molecule has 0 saturated carbocycles. The molecule has 0 atom stereocenters. The second kappa shape index (κ2) is 6.05. The maximum Gasteiger partial charge on any atom is 0.161 e. The Labute approximate surface area is 112 Å². The summed E-state index contributed by atoms with van der Waals surface area (Å²) in [7, 11) is 3.12. The monoisotopic (exact) mass is 258 g/mol. The van der Waals surface area contributed by atoms with E-state index in [2.05, 4.69) is 0 Å². The molecule has 0 aliphatic rings. The summed E-state index contributed by atoms with van der Waals surface area (Å²) in [6, 6.07) is 14.2. The van der Waals surface area contributed by atoms with Crippen molar-refractivity contribution < 1.29 is 13.9 Å². The molecule has 0 aromatic heterocycles. The van der Waals surface area contributed by atoms with Crippen molar-refractivity contribution in [3.63, 3.8) is 0 Å². The largest absolute Gasteiger partial charge is 0.493 e. The zero-order valence-electron chi connectivity index (χ0n) is 10.9. The number of rotatable bonds is 4. The quantitative estimate of drug-likeness (QED) is 0.766. The highest BCUT2D eigenvalue weighted by molar-refractivity contribution is 5.77. The van der Waals surface area contributed by atoms with E-state index < -0.39 is 0 Å². The molecule has 0 aliphatic carbocycles. The first kappa shape index (κ1) is 13.1. The molecule has 0 aliphatic heterocycles. The summed E-state index contributed by atoms with van der Waals surface area (Å²) in [6.45, 7) is 0. The van der Waals surface area contributed by atoms with Crippen molar-refractivity contribution in [1.82, 2.24) is 0 Å². The van der Waals surface area contributed by atoms with Crippen molar-refractivity contribution >= 4 is 11.9 Å². The molecular weight excluding hydrogens is 243 g/mol. The minimum atomic E-state index is -0.284. The van der Waals surface area contributed by atoms with Crippen molar-refractivity contribution in [2.75, 3.05) is 14.2 Å². The SMILES string of the molecule is COc1ccc(/C=C(/F)c2ccccc2)cc1OC. The summed E-state index contributed by atoms with van der Waals surface area (Å²) in [5.74, 6) is 0.921. The highest BCUT2D eigenvalue weighted by Crippen LogP contribution is 2.29. The fourth-order valence-corrected chi connectivity index (χ4v) is 1.77. The van der Waals surface area contributed by atoms with Crippen LogP contribution < -0.4 is 9.47 Å². The van der Waals surface area contributed by atoms with E-state index in [1.807, 2.05) is 6.07 Å². The van der Waals surface area contributed by atoms with Gasteiger partial charge in [-0.2, -0.15) is 0 Å². The van der Waals surface area contributed by atoms with Gasteiger partial charge in [0.05, 0.1) is 14.2 Å². The molecule has 0 heterocycles. The average molecular weight is 258 g/mol. The number of hydrogen-bond acceptors (Lipinski definition) is 2. The van der Waals surface area contributed by atoms with Crippen LogP contribution in [0.4, 0.5) is 4.39 Å². The molecule has 2 rings (SSSR count). The van der Waals surface area contributed by atoms with E-state index in [0.717, 1.165) is 5.56 Å². The highest BCUT2D eigenvalue weighted by atomic mass is 19.1. The van der Waals surface area contributed by atoms with Gasteiger partial charge in [-0.1, -0.05) is 36.4 Å². The number of methoxy groups -OCH3 is 2. The van der Waals surface area contributed by atoms with Crippen molar-refractivity contribution in [3.05, 3.63) is 59.7 Å². The summed E-state index contributed by atoms with van der Waals surface area (Å²) in [5.41, 5.74) is 1.27. The predicted molar refractivity (Wildman–Crippen MR) is 75.0 cm³/mol. The van der Waals surface area contributed by atoms with E-state index in [9.17, 15) is 4.39 Å². The molecule has 19 heavy (non-hydrogen) atoms. The van der Waals surface area contributed by atoms with Crippen LogP contribution >= 0.6 is 0 Å². The molecule has 0 amide bonds. The average Bonchev–Trinajstić information content (AvgIpc) is 2.48. The molecule has 0 saturated heterocycles. The zero-order valence-corrected chi connectivity index (χ0v) is 10.9. The van der Waals surface area contributed by atoms with Crippen molar-refractivity contribution in [2.45, 2.75) is 0 Å². The van der Waals surface area contributed by atoms with Crippen LogP contribution in [-0.2, 0) is 0 Å². The maximum atomic E-state index is 14.0. The summed E-state index contributed by atoms with van der Waals surface area (Å²) < 4.78 is 24.4. The van der Waals surface area contributed by atoms with E-state index in [1.165, 1.54) is 6.08 Å². The van der Waals surface area contributed by atoms with Gasteiger partial charge in [-0.05, 0) is 23.8 Å². The van der Waals surface area contributed by atoms with Gasteiger partial charge >= 0.3 is 0 Å². The fourth-order valence-electron chi connectivity index (χ4n) is 1.77. The van der Waals surface area contributed by atoms with Gasteiger partial charge in [-0.3, -0.25) is 0 Å². The smallest absolute Gasteiger partial charge is 0.161 e. The van der Waals surface area contributed by atoms with Gasteiger partial charge in [0.2, 0.25) is 0 Å². The highest BCUT2D eigenvalue weighted by Gasteiger charge is 2.05. The van der Waals surface area contributed by atoms with Crippen molar-refractivity contribution in [2.24, 2.45) is 0 Å². The molecule has 3 heteroatoms. The van der Waals surface area contributed by atoms with E-state index in [4.69, 9.17) is 9.47 Å². The molecule has 0 radical (unpaired) electrons. The maximum absolute atomic E-state index is 14.0. The van der Waals surface area contributed by atoms with Crippen LogP contribution in [0.3, 0.4) is 0 Å². The van der Waals surface area contributed by atoms with Gasteiger partial charge in [0, 0.05) is 5.56 Å². The van der Waals surface area contributed by atoms with Gasteiger partial charge in [-0.15, -0.1) is 0 Å². The first-order valence-electron chi connectivity index (χ1n) is 5.89. The van der Waals surface area contributed by atoms with Crippen LogP contribution in [0.1, 0.15) is 11.1 Å². The second-order valence-electron chi connectivity index (χ2n) is 3.97. The minimum Gasteiger partial charge on any atom is -0.493 e. The summed E-state index contributed by atoms with van der Waals surface area (Å²) in [5, 5.41) is 0. The van der Waals surface area contributed by atoms with E-state index in [-0.39, 0.29) is 5.83 Å². The van der Waals surface area contributed by atoms with Gasteiger partial charge in [0.15, 0.2) is 11.5 Å². The van der Waals surface area contributed by atoms with E-state index in [1.54, 1.807) is 56.7 Å². The Hall–Kier alpha value is -2.29. The Morgan fingerprint density at radius 1 is 0.947 bits per heavy atom. The van der Waals surface area contributed by atoms with Gasteiger partial charge < -0.3 is 9.47 Å². The van der Waals surface area contributed by atoms with Gasteiger partial charge in [0.1, 0.15) is 5.83 Å². The fraction of sp³-hybridized carbons (Fsp3) is 0.125. The number of ether oxygens (including phenoxy) is 2. The molecule has 2 aromatic rings. The lowest BCUT2D eigenvalue weighted by molar-refractivity contribution is 0.355. The van der Waals surface area contributed by atoms with Crippen molar-refractivity contribution in [1.29, 1.82) is 0 Å². The Kier molecular flexibility index (Phi) is 4.18. The van der Waals surface area contributed by atoms with Crippen LogP contribution in [0.25, 0.3) is 11.9 Å². The molecule has 98 valence electrons. The van der Waals surface area contributed by atoms with Crippen LogP contribution in [0, 0.1) is 0 Å². The Morgan fingerprint density at radius 2 is 1.63 bits per heavy atom. The van der Waals surface area contributed by atoms with Crippen LogP contribution in [0.15, 0.2) is 48.5 Å². The minimum absolute atomic E-state index is 0.284. The Balaban J connectivity index is 2.33. The first-order valence-corrected chi connectivity index (χ1v) is 5.89. The molecule has 0 spiro atoms. The molecular formula is C16H15FO2. The molecule has 0 unspecified atom stereocenters. The topological polar surface area (TPSA) is 18.5 Å². The summed E-state index contributed by atoms with van der Waals surface area (Å²) >= 11 is 0. The summed E-state index contributed by atoms with van der Waals surface area (Å²) in [6.07, 6.45) is 1.47. The number of benzene rings is 2. The van der Waals surface area contributed by atoms with E-state index in [0.29, 0.717) is 17.1 Å². The first-order chi connectivity index (χ1) is 9.24. The second-order valence-corrected chi connectivity index (χ2v) is 3.97. The molecule has 2 nitrogen and oxygen atoms in total. The number of hydrogen-bond donors (Lipinski definition) is 0. The molecule has 0 N–H and O–H groups in total. The van der Waals surface area contributed by atoms with Crippen LogP contribution in [0.2, 0.25) is 0 Å². The third-order valence-electron chi connectivity index (χ3n) is 2.75. The lowest BCUT2D eigenvalue weighted by Gasteiger charge is -2.07. The normalized spacial score (nSPS) is 11.2.